The molecule has 4 aromatic rings. The Kier molecular flexibility index (Phi) is 3.16. The van der Waals surface area contributed by atoms with Gasteiger partial charge in [0.05, 0.1) is 31.6 Å². The van der Waals surface area contributed by atoms with E-state index in [1.807, 2.05) is 60.7 Å². The summed E-state index contributed by atoms with van der Waals surface area (Å²) in [5.74, 6) is 0. The van der Waals surface area contributed by atoms with Crippen molar-refractivity contribution < 1.29 is 4.21 Å². The van der Waals surface area contributed by atoms with Gasteiger partial charge in [0.25, 0.3) is 0 Å². The molecule has 0 aliphatic rings. The van der Waals surface area contributed by atoms with Crippen LogP contribution in [0.2, 0.25) is 0 Å². The maximum absolute atomic E-state index is 12.8. The molecule has 2 heterocycles. The Morgan fingerprint density at radius 3 is 1.64 bits per heavy atom. The molecule has 22 heavy (non-hydrogen) atoms. The molecule has 4 rings (SSSR count). The molecule has 0 N–H and O–H groups in total. The van der Waals surface area contributed by atoms with Gasteiger partial charge in [0.1, 0.15) is 0 Å². The van der Waals surface area contributed by atoms with E-state index in [2.05, 4.69) is 9.97 Å². The van der Waals surface area contributed by atoms with Gasteiger partial charge in [0, 0.05) is 23.2 Å². The molecule has 106 valence electrons. The maximum Gasteiger partial charge on any atom is 0.0881 e. The third-order valence-corrected chi connectivity index (χ3v) is 4.86. The Hall–Kier alpha value is -2.59. The average molecular weight is 304 g/mol. The van der Waals surface area contributed by atoms with Crippen LogP contribution in [0.3, 0.4) is 0 Å². The van der Waals surface area contributed by atoms with Gasteiger partial charge < -0.3 is 0 Å². The SMILES string of the molecule is O=S(c1cnc2ccccc2c1)c1cnc2ccccc2c1. The summed E-state index contributed by atoms with van der Waals surface area (Å²) in [7, 11) is -1.28. The summed E-state index contributed by atoms with van der Waals surface area (Å²) < 4.78 is 12.8. The summed E-state index contributed by atoms with van der Waals surface area (Å²) in [5, 5.41) is 1.98. The number of rotatable bonds is 2. The first kappa shape index (κ1) is 13.1. The largest absolute Gasteiger partial charge is 0.255 e. The van der Waals surface area contributed by atoms with Gasteiger partial charge in [-0.2, -0.15) is 0 Å². The summed E-state index contributed by atoms with van der Waals surface area (Å²) in [6, 6.07) is 19.5. The highest BCUT2D eigenvalue weighted by Crippen LogP contribution is 2.22. The molecule has 0 aliphatic carbocycles. The Morgan fingerprint density at radius 2 is 1.14 bits per heavy atom. The van der Waals surface area contributed by atoms with Crippen LogP contribution in [0.15, 0.2) is 82.8 Å². The second-order valence-electron chi connectivity index (χ2n) is 5.00. The van der Waals surface area contributed by atoms with Gasteiger partial charge in [0.2, 0.25) is 0 Å². The monoisotopic (exact) mass is 304 g/mol. The third kappa shape index (κ3) is 2.27. The van der Waals surface area contributed by atoms with Crippen molar-refractivity contribution in [1.82, 2.24) is 9.97 Å². The second-order valence-corrected chi connectivity index (χ2v) is 6.48. The highest BCUT2D eigenvalue weighted by Gasteiger charge is 2.10. The molecule has 0 atom stereocenters. The molecule has 3 nitrogen and oxygen atoms in total. The fourth-order valence-electron chi connectivity index (χ4n) is 2.44. The van der Waals surface area contributed by atoms with Crippen LogP contribution in [-0.4, -0.2) is 14.2 Å². The van der Waals surface area contributed by atoms with Crippen molar-refractivity contribution in [3.05, 3.63) is 73.1 Å². The summed E-state index contributed by atoms with van der Waals surface area (Å²) in [6.45, 7) is 0. The lowest BCUT2D eigenvalue weighted by Crippen LogP contribution is -1.95. The maximum atomic E-state index is 12.8. The smallest absolute Gasteiger partial charge is 0.0881 e. The van der Waals surface area contributed by atoms with Gasteiger partial charge in [-0.25, -0.2) is 4.21 Å². The van der Waals surface area contributed by atoms with Crippen LogP contribution in [-0.2, 0) is 10.8 Å². The number of hydrogen-bond acceptors (Lipinski definition) is 3. The molecule has 0 spiro atoms. The fraction of sp³-hybridized carbons (Fsp3) is 0. The first-order chi connectivity index (χ1) is 10.8. The molecule has 0 radical (unpaired) electrons. The molecule has 0 amide bonds. The zero-order valence-electron chi connectivity index (χ0n) is 11.6. The number of fused-ring (bicyclic) bond motifs is 2. The number of pyridine rings is 2. The highest BCUT2D eigenvalue weighted by atomic mass is 32.2. The molecule has 0 fully saturated rings. The summed E-state index contributed by atoms with van der Waals surface area (Å²) in [5.41, 5.74) is 1.81. The predicted octanol–water partition coefficient (Wildman–Crippen LogP) is 3.95. The van der Waals surface area contributed by atoms with Gasteiger partial charge in [0.15, 0.2) is 0 Å². The quantitative estimate of drug-likeness (QED) is 0.563. The highest BCUT2D eigenvalue weighted by molar-refractivity contribution is 7.85. The lowest BCUT2D eigenvalue weighted by Gasteiger charge is -2.05. The molecule has 0 aliphatic heterocycles. The Morgan fingerprint density at radius 1 is 0.682 bits per heavy atom. The molecule has 0 bridgehead atoms. The summed E-state index contributed by atoms with van der Waals surface area (Å²) in [6.07, 6.45) is 3.35. The Labute approximate surface area is 130 Å². The number of para-hydroxylation sites is 2. The molecular weight excluding hydrogens is 292 g/mol. The van der Waals surface area contributed by atoms with E-state index in [0.29, 0.717) is 9.79 Å². The summed E-state index contributed by atoms with van der Waals surface area (Å²) >= 11 is 0. The van der Waals surface area contributed by atoms with Crippen molar-refractivity contribution in [2.24, 2.45) is 0 Å². The molecule has 2 aromatic carbocycles. The molecule has 4 heteroatoms. The van der Waals surface area contributed by atoms with Crippen molar-refractivity contribution in [3.8, 4) is 0 Å². The lowest BCUT2D eigenvalue weighted by molar-refractivity contribution is 0.683. The standard InChI is InChI=1S/C18H12N2OS/c21-22(15-9-13-5-1-3-7-17(13)19-11-15)16-10-14-6-2-4-8-18(14)20-12-16/h1-12H. The van der Waals surface area contributed by atoms with E-state index in [1.165, 1.54) is 0 Å². The minimum atomic E-state index is -1.28. The van der Waals surface area contributed by atoms with Gasteiger partial charge in [-0.3, -0.25) is 9.97 Å². The Bertz CT molecular complexity index is 932. The fourth-order valence-corrected chi connectivity index (χ4v) is 3.48. The number of hydrogen-bond donors (Lipinski definition) is 0. The van der Waals surface area contributed by atoms with Crippen LogP contribution in [0.5, 0.6) is 0 Å². The van der Waals surface area contributed by atoms with Crippen LogP contribution in [0.1, 0.15) is 0 Å². The van der Waals surface area contributed by atoms with Crippen LogP contribution < -0.4 is 0 Å². The molecule has 0 saturated heterocycles. The molecular formula is C18H12N2OS. The second kappa shape index (κ2) is 5.31. The van der Waals surface area contributed by atoms with E-state index in [0.717, 1.165) is 21.8 Å². The lowest BCUT2D eigenvalue weighted by atomic mass is 10.2. The van der Waals surface area contributed by atoms with Crippen molar-refractivity contribution >= 4 is 32.6 Å². The van der Waals surface area contributed by atoms with Crippen molar-refractivity contribution in [2.45, 2.75) is 9.79 Å². The minimum Gasteiger partial charge on any atom is -0.255 e. The van der Waals surface area contributed by atoms with Crippen molar-refractivity contribution in [2.75, 3.05) is 0 Å². The zero-order valence-corrected chi connectivity index (χ0v) is 12.5. The zero-order chi connectivity index (χ0) is 14.9. The van der Waals surface area contributed by atoms with Crippen molar-refractivity contribution in [1.29, 1.82) is 0 Å². The van der Waals surface area contributed by atoms with Gasteiger partial charge in [-0.1, -0.05) is 36.4 Å². The molecule has 2 aromatic heterocycles. The van der Waals surface area contributed by atoms with Crippen LogP contribution in [0.4, 0.5) is 0 Å². The average Bonchev–Trinajstić information content (AvgIpc) is 2.60. The molecule has 0 unspecified atom stereocenters. The van der Waals surface area contributed by atoms with Crippen molar-refractivity contribution in [3.63, 3.8) is 0 Å². The number of benzene rings is 2. The van der Waals surface area contributed by atoms with Gasteiger partial charge >= 0.3 is 0 Å². The van der Waals surface area contributed by atoms with Gasteiger partial charge in [-0.05, 0) is 24.3 Å². The summed E-state index contributed by atoms with van der Waals surface area (Å²) in [4.78, 5) is 10.1. The van der Waals surface area contributed by atoms with E-state index >= 15 is 0 Å². The van der Waals surface area contributed by atoms with E-state index in [4.69, 9.17) is 0 Å². The van der Waals surface area contributed by atoms with Crippen LogP contribution >= 0.6 is 0 Å². The predicted molar refractivity (Wildman–Crippen MR) is 88.2 cm³/mol. The molecule has 0 saturated carbocycles. The first-order valence-electron chi connectivity index (χ1n) is 6.93. The van der Waals surface area contributed by atoms with Crippen LogP contribution in [0, 0.1) is 0 Å². The normalized spacial score (nSPS) is 11.3. The topological polar surface area (TPSA) is 42.9 Å². The third-order valence-electron chi connectivity index (χ3n) is 3.56. The number of aromatic nitrogens is 2. The van der Waals surface area contributed by atoms with E-state index in [-0.39, 0.29) is 0 Å². The minimum absolute atomic E-state index is 0.691. The Balaban J connectivity index is 1.80. The van der Waals surface area contributed by atoms with E-state index in [9.17, 15) is 4.21 Å². The van der Waals surface area contributed by atoms with Gasteiger partial charge in [-0.15, -0.1) is 0 Å². The van der Waals surface area contributed by atoms with E-state index in [1.54, 1.807) is 12.4 Å². The first-order valence-corrected chi connectivity index (χ1v) is 8.08. The van der Waals surface area contributed by atoms with E-state index < -0.39 is 10.8 Å². The number of nitrogens with zero attached hydrogens (tertiary/aromatic N) is 2. The van der Waals surface area contributed by atoms with Crippen LogP contribution in [0.25, 0.3) is 21.8 Å².